The van der Waals surface area contributed by atoms with Gasteiger partial charge in [0.2, 0.25) is 5.91 Å². The Morgan fingerprint density at radius 1 is 1.00 bits per heavy atom. The molecule has 3 aromatic carbocycles. The van der Waals surface area contributed by atoms with Gasteiger partial charge in [-0.15, -0.1) is 35.1 Å². The SMILES string of the molecule is COc1ccc(S(=O)(=O)CC(=O)Nc2sc3c(c2-c2nc4ccccc4s2)CCN(Cc2ccccc2)C3)cc1.Cl. The van der Waals surface area contributed by atoms with Crippen LogP contribution in [0.1, 0.15) is 16.0 Å². The lowest BCUT2D eigenvalue weighted by Gasteiger charge is -2.27. The van der Waals surface area contributed by atoms with E-state index in [0.29, 0.717) is 10.8 Å². The molecule has 1 aliphatic rings. The van der Waals surface area contributed by atoms with Crippen molar-refractivity contribution in [2.45, 2.75) is 24.4 Å². The minimum Gasteiger partial charge on any atom is -0.497 e. The van der Waals surface area contributed by atoms with E-state index in [1.807, 2.05) is 30.3 Å². The van der Waals surface area contributed by atoms with Crippen LogP contribution in [0, 0.1) is 0 Å². The molecule has 0 aliphatic carbocycles. The third-order valence-corrected chi connectivity index (χ3v) is 10.7. The van der Waals surface area contributed by atoms with E-state index >= 15 is 0 Å². The molecule has 2 aromatic heterocycles. The van der Waals surface area contributed by atoms with Gasteiger partial charge >= 0.3 is 0 Å². The first-order chi connectivity index (χ1) is 19.4. The smallest absolute Gasteiger partial charge is 0.240 e. The second kappa shape index (κ2) is 12.3. The fraction of sp³-hybridized carbons (Fsp3) is 0.200. The molecule has 0 spiro atoms. The highest BCUT2D eigenvalue weighted by molar-refractivity contribution is 7.92. The van der Waals surface area contributed by atoms with Crippen molar-refractivity contribution in [3.8, 4) is 16.3 Å². The van der Waals surface area contributed by atoms with Crippen LogP contribution in [0.4, 0.5) is 5.00 Å². The summed E-state index contributed by atoms with van der Waals surface area (Å²) in [6, 6.07) is 24.4. The molecule has 0 atom stereocenters. The molecule has 0 saturated carbocycles. The predicted octanol–water partition coefficient (Wildman–Crippen LogP) is 6.43. The maximum absolute atomic E-state index is 13.2. The number of anilines is 1. The van der Waals surface area contributed by atoms with Crippen LogP contribution in [-0.2, 0) is 34.1 Å². The van der Waals surface area contributed by atoms with Crippen molar-refractivity contribution in [2.75, 3.05) is 24.7 Å². The first kappa shape index (κ1) is 29.2. The molecular formula is C30H28ClN3O4S3. The van der Waals surface area contributed by atoms with Gasteiger partial charge in [0.15, 0.2) is 9.84 Å². The third kappa shape index (κ3) is 6.32. The van der Waals surface area contributed by atoms with Crippen LogP contribution in [0.15, 0.2) is 83.8 Å². The maximum Gasteiger partial charge on any atom is 0.240 e. The largest absolute Gasteiger partial charge is 0.497 e. The summed E-state index contributed by atoms with van der Waals surface area (Å²) in [5.74, 6) is -0.673. The minimum absolute atomic E-state index is 0. The molecule has 1 aliphatic heterocycles. The van der Waals surface area contributed by atoms with E-state index in [0.717, 1.165) is 46.8 Å². The van der Waals surface area contributed by atoms with Crippen LogP contribution < -0.4 is 10.1 Å². The summed E-state index contributed by atoms with van der Waals surface area (Å²) in [5, 5.41) is 4.44. The fourth-order valence-corrected chi connectivity index (χ4v) is 8.48. The zero-order valence-corrected chi connectivity index (χ0v) is 25.5. The van der Waals surface area contributed by atoms with Gasteiger partial charge in [0.25, 0.3) is 0 Å². The average Bonchev–Trinajstić information content (AvgIpc) is 3.53. The Hall–Kier alpha value is -3.28. The molecule has 11 heteroatoms. The van der Waals surface area contributed by atoms with Crippen molar-refractivity contribution in [1.29, 1.82) is 0 Å². The van der Waals surface area contributed by atoms with Crippen LogP contribution in [0.3, 0.4) is 0 Å². The van der Waals surface area contributed by atoms with Gasteiger partial charge in [-0.2, -0.15) is 0 Å². The molecule has 5 aromatic rings. The van der Waals surface area contributed by atoms with Crippen LogP contribution in [0.25, 0.3) is 20.8 Å². The monoisotopic (exact) mass is 625 g/mol. The van der Waals surface area contributed by atoms with Crippen molar-refractivity contribution < 1.29 is 17.9 Å². The highest BCUT2D eigenvalue weighted by atomic mass is 35.5. The number of rotatable bonds is 8. The Bertz CT molecular complexity index is 1750. The zero-order valence-electron chi connectivity index (χ0n) is 22.2. The number of thiazole rings is 1. The molecule has 41 heavy (non-hydrogen) atoms. The standard InChI is InChI=1S/C30H27N3O4S3.ClH/c1-37-21-11-13-22(14-12-21)40(35,36)19-27(34)32-30-28(29-31-24-9-5-6-10-25(24)38-29)23-15-16-33(18-26(23)39-30)17-20-7-3-2-4-8-20;/h2-14H,15-19H2,1H3,(H,32,34);1H. The van der Waals surface area contributed by atoms with Gasteiger partial charge in [-0.05, 0) is 53.9 Å². The quantitative estimate of drug-likeness (QED) is 0.214. The summed E-state index contributed by atoms with van der Waals surface area (Å²) in [6.07, 6.45) is 0.823. The number of benzene rings is 3. The first-order valence-electron chi connectivity index (χ1n) is 12.8. The summed E-state index contributed by atoms with van der Waals surface area (Å²) < 4.78 is 32.2. The number of methoxy groups -OCH3 is 1. The topological polar surface area (TPSA) is 88.6 Å². The van der Waals surface area contributed by atoms with Crippen molar-refractivity contribution in [2.24, 2.45) is 0 Å². The van der Waals surface area contributed by atoms with Gasteiger partial charge in [0, 0.05) is 30.1 Å². The Morgan fingerprint density at radius 3 is 2.46 bits per heavy atom. The number of carbonyl (C=O) groups is 1. The van der Waals surface area contributed by atoms with Gasteiger partial charge in [-0.3, -0.25) is 9.69 Å². The molecule has 0 saturated heterocycles. The van der Waals surface area contributed by atoms with E-state index in [9.17, 15) is 13.2 Å². The molecule has 0 radical (unpaired) electrons. The number of amides is 1. The van der Waals surface area contributed by atoms with Crippen LogP contribution >= 0.6 is 35.1 Å². The van der Waals surface area contributed by atoms with Crippen molar-refractivity contribution >= 4 is 66.0 Å². The molecule has 1 N–H and O–H groups in total. The Labute approximate surface area is 253 Å². The second-order valence-electron chi connectivity index (χ2n) is 9.62. The number of ether oxygens (including phenoxy) is 1. The normalized spacial score (nSPS) is 13.4. The summed E-state index contributed by atoms with van der Waals surface area (Å²) >= 11 is 3.10. The lowest BCUT2D eigenvalue weighted by atomic mass is 10.0. The lowest BCUT2D eigenvalue weighted by Crippen LogP contribution is -2.29. The number of sulfone groups is 1. The summed E-state index contributed by atoms with van der Waals surface area (Å²) in [4.78, 5) is 21.7. The molecule has 1 amide bonds. The van der Waals surface area contributed by atoms with E-state index in [1.165, 1.54) is 46.6 Å². The van der Waals surface area contributed by atoms with E-state index < -0.39 is 21.5 Å². The highest BCUT2D eigenvalue weighted by Gasteiger charge is 2.29. The van der Waals surface area contributed by atoms with E-state index in [2.05, 4.69) is 34.5 Å². The maximum atomic E-state index is 13.2. The third-order valence-electron chi connectivity index (χ3n) is 6.89. The summed E-state index contributed by atoms with van der Waals surface area (Å²) in [6.45, 7) is 2.49. The van der Waals surface area contributed by atoms with E-state index in [1.54, 1.807) is 23.5 Å². The van der Waals surface area contributed by atoms with Crippen molar-refractivity contribution in [1.82, 2.24) is 9.88 Å². The fourth-order valence-electron chi connectivity index (χ4n) is 4.93. The number of thiophene rings is 1. The van der Waals surface area contributed by atoms with Crippen LogP contribution in [0.5, 0.6) is 5.75 Å². The molecule has 7 nitrogen and oxygen atoms in total. The van der Waals surface area contributed by atoms with Gasteiger partial charge in [-0.25, -0.2) is 13.4 Å². The van der Waals surface area contributed by atoms with Gasteiger partial charge in [-0.1, -0.05) is 42.5 Å². The molecule has 212 valence electrons. The first-order valence-corrected chi connectivity index (χ1v) is 16.1. The van der Waals surface area contributed by atoms with Crippen molar-refractivity contribution in [3.63, 3.8) is 0 Å². The Balaban J connectivity index is 0.00000337. The number of fused-ring (bicyclic) bond motifs is 2. The van der Waals surface area contributed by atoms with Crippen LogP contribution in [-0.4, -0.2) is 43.6 Å². The molecule has 0 unspecified atom stereocenters. The second-order valence-corrected chi connectivity index (χ2v) is 13.7. The number of para-hydroxylation sites is 1. The number of nitrogens with one attached hydrogen (secondary N) is 1. The number of nitrogens with zero attached hydrogens (tertiary/aromatic N) is 2. The summed E-state index contributed by atoms with van der Waals surface area (Å²) in [5.41, 5.74) is 4.26. The molecule has 0 bridgehead atoms. The van der Waals surface area contributed by atoms with Gasteiger partial charge in [0.05, 0.1) is 22.2 Å². The number of hydrogen-bond donors (Lipinski definition) is 1. The zero-order chi connectivity index (χ0) is 27.7. The lowest BCUT2D eigenvalue weighted by molar-refractivity contribution is -0.113. The summed E-state index contributed by atoms with van der Waals surface area (Å²) in [7, 11) is -2.32. The predicted molar refractivity (Wildman–Crippen MR) is 168 cm³/mol. The van der Waals surface area contributed by atoms with Gasteiger partial charge < -0.3 is 10.1 Å². The van der Waals surface area contributed by atoms with E-state index in [-0.39, 0.29) is 17.3 Å². The Kier molecular flexibility index (Phi) is 8.77. The van der Waals surface area contributed by atoms with Crippen LogP contribution in [0.2, 0.25) is 0 Å². The molecule has 6 rings (SSSR count). The molecule has 0 fully saturated rings. The number of hydrogen-bond acceptors (Lipinski definition) is 8. The Morgan fingerprint density at radius 2 is 1.73 bits per heavy atom. The highest BCUT2D eigenvalue weighted by Crippen LogP contribution is 2.45. The average molecular weight is 626 g/mol. The molecular weight excluding hydrogens is 598 g/mol. The number of aromatic nitrogens is 1. The number of carbonyl (C=O) groups excluding carboxylic acids is 1. The minimum atomic E-state index is -3.83. The van der Waals surface area contributed by atoms with Crippen molar-refractivity contribution in [3.05, 3.63) is 94.9 Å². The number of halogens is 1. The van der Waals surface area contributed by atoms with Gasteiger partial charge in [0.1, 0.15) is 21.5 Å². The van der Waals surface area contributed by atoms with E-state index in [4.69, 9.17) is 9.72 Å². The molecule has 3 heterocycles.